The standard InChI is InChI=1S/C12H9Br2N5S/c13-6-1-2-7(14)9(5-6)16-11-10-8(3-4-20-10)17-12(18-11)19-15/h1-5H,15H2,(H2,16,17,18,19). The molecule has 0 amide bonds. The summed E-state index contributed by atoms with van der Waals surface area (Å²) in [6, 6.07) is 7.83. The van der Waals surface area contributed by atoms with Crippen molar-refractivity contribution in [1.29, 1.82) is 0 Å². The fourth-order valence-corrected chi connectivity index (χ4v) is 3.22. The van der Waals surface area contributed by atoms with Crippen molar-refractivity contribution in [2.45, 2.75) is 0 Å². The van der Waals surface area contributed by atoms with Gasteiger partial charge in [0.15, 0.2) is 5.82 Å². The second-order valence-electron chi connectivity index (χ2n) is 3.92. The van der Waals surface area contributed by atoms with Gasteiger partial charge < -0.3 is 5.32 Å². The number of halogens is 2. The summed E-state index contributed by atoms with van der Waals surface area (Å²) in [5.74, 6) is 6.51. The minimum atomic E-state index is 0.379. The molecule has 2 aromatic heterocycles. The minimum Gasteiger partial charge on any atom is -0.338 e. The highest BCUT2D eigenvalue weighted by atomic mass is 79.9. The molecule has 0 fully saturated rings. The Balaban J connectivity index is 2.09. The van der Waals surface area contributed by atoms with E-state index in [0.29, 0.717) is 5.95 Å². The van der Waals surface area contributed by atoms with Crippen LogP contribution in [0.4, 0.5) is 17.5 Å². The maximum atomic E-state index is 5.41. The van der Waals surface area contributed by atoms with E-state index < -0.39 is 0 Å². The van der Waals surface area contributed by atoms with Crippen molar-refractivity contribution in [3.05, 3.63) is 38.6 Å². The predicted molar refractivity (Wildman–Crippen MR) is 90.3 cm³/mol. The number of hydrazine groups is 1. The van der Waals surface area contributed by atoms with Crippen molar-refractivity contribution in [3.8, 4) is 0 Å². The lowest BCUT2D eigenvalue weighted by molar-refractivity contribution is 1.15. The highest BCUT2D eigenvalue weighted by molar-refractivity contribution is 9.11. The molecule has 0 saturated heterocycles. The van der Waals surface area contributed by atoms with E-state index in [2.05, 4.69) is 52.6 Å². The SMILES string of the molecule is NNc1nc(Nc2cc(Br)ccc2Br)c2sccc2n1. The molecule has 0 bridgehead atoms. The first-order chi connectivity index (χ1) is 9.67. The first-order valence-electron chi connectivity index (χ1n) is 5.61. The van der Waals surface area contributed by atoms with E-state index in [0.717, 1.165) is 30.7 Å². The van der Waals surface area contributed by atoms with Crippen molar-refractivity contribution in [2.75, 3.05) is 10.7 Å². The number of nitrogens with one attached hydrogen (secondary N) is 2. The largest absolute Gasteiger partial charge is 0.338 e. The van der Waals surface area contributed by atoms with E-state index in [1.54, 1.807) is 11.3 Å². The number of anilines is 3. The zero-order chi connectivity index (χ0) is 14.1. The Morgan fingerprint density at radius 3 is 2.80 bits per heavy atom. The number of hydrogen-bond acceptors (Lipinski definition) is 6. The number of nitrogen functional groups attached to an aromatic ring is 1. The number of nitrogens with two attached hydrogens (primary N) is 1. The van der Waals surface area contributed by atoms with Crippen LogP contribution in [0.25, 0.3) is 10.2 Å². The third-order valence-corrected chi connectivity index (χ3v) is 4.71. The van der Waals surface area contributed by atoms with Gasteiger partial charge in [-0.25, -0.2) is 10.8 Å². The number of benzene rings is 1. The number of hydrogen-bond donors (Lipinski definition) is 3. The van der Waals surface area contributed by atoms with Crippen molar-refractivity contribution in [1.82, 2.24) is 9.97 Å². The fraction of sp³-hybridized carbons (Fsp3) is 0. The lowest BCUT2D eigenvalue weighted by Crippen LogP contribution is -2.11. The Labute approximate surface area is 135 Å². The number of aromatic nitrogens is 2. The molecule has 0 aliphatic heterocycles. The van der Waals surface area contributed by atoms with Gasteiger partial charge in [0.1, 0.15) is 0 Å². The highest BCUT2D eigenvalue weighted by Gasteiger charge is 2.10. The number of nitrogens with zero attached hydrogens (tertiary/aromatic N) is 2. The lowest BCUT2D eigenvalue weighted by Gasteiger charge is -2.10. The third-order valence-electron chi connectivity index (χ3n) is 2.61. The van der Waals surface area contributed by atoms with Crippen LogP contribution in [-0.2, 0) is 0 Å². The van der Waals surface area contributed by atoms with Crippen LogP contribution in [0.2, 0.25) is 0 Å². The molecular formula is C12H9Br2N5S. The Morgan fingerprint density at radius 2 is 2.00 bits per heavy atom. The van der Waals surface area contributed by atoms with E-state index in [1.807, 2.05) is 29.6 Å². The molecule has 5 nitrogen and oxygen atoms in total. The summed E-state index contributed by atoms with van der Waals surface area (Å²) in [7, 11) is 0. The van der Waals surface area contributed by atoms with E-state index in [1.165, 1.54) is 0 Å². The van der Waals surface area contributed by atoms with Crippen LogP contribution in [0.3, 0.4) is 0 Å². The molecule has 8 heteroatoms. The van der Waals surface area contributed by atoms with Crippen molar-refractivity contribution >= 4 is 70.9 Å². The van der Waals surface area contributed by atoms with Crippen LogP contribution in [-0.4, -0.2) is 9.97 Å². The molecular weight excluding hydrogens is 406 g/mol. The molecule has 0 spiro atoms. The van der Waals surface area contributed by atoms with Gasteiger partial charge in [0.05, 0.1) is 15.9 Å². The molecule has 20 heavy (non-hydrogen) atoms. The molecule has 0 atom stereocenters. The number of thiophene rings is 1. The fourth-order valence-electron chi connectivity index (χ4n) is 1.73. The van der Waals surface area contributed by atoms with Gasteiger partial charge in [-0.05, 0) is 45.6 Å². The van der Waals surface area contributed by atoms with E-state index in [-0.39, 0.29) is 0 Å². The lowest BCUT2D eigenvalue weighted by atomic mass is 10.3. The van der Waals surface area contributed by atoms with E-state index in [4.69, 9.17) is 5.84 Å². The van der Waals surface area contributed by atoms with E-state index in [9.17, 15) is 0 Å². The van der Waals surface area contributed by atoms with Gasteiger partial charge in [-0.15, -0.1) is 11.3 Å². The molecule has 1 aromatic carbocycles. The summed E-state index contributed by atoms with van der Waals surface area (Å²) >= 11 is 8.55. The molecule has 0 radical (unpaired) electrons. The van der Waals surface area contributed by atoms with Crippen LogP contribution in [0.1, 0.15) is 0 Å². The highest BCUT2D eigenvalue weighted by Crippen LogP contribution is 2.33. The smallest absolute Gasteiger partial charge is 0.239 e. The monoisotopic (exact) mass is 413 g/mol. The van der Waals surface area contributed by atoms with Gasteiger partial charge in [0.25, 0.3) is 0 Å². The summed E-state index contributed by atoms with van der Waals surface area (Å²) in [6.07, 6.45) is 0. The van der Waals surface area contributed by atoms with Crippen molar-refractivity contribution in [2.24, 2.45) is 5.84 Å². The maximum absolute atomic E-state index is 5.41. The van der Waals surface area contributed by atoms with Crippen LogP contribution in [0, 0.1) is 0 Å². The summed E-state index contributed by atoms with van der Waals surface area (Å²) in [5.41, 5.74) is 4.25. The van der Waals surface area contributed by atoms with Gasteiger partial charge in [-0.1, -0.05) is 15.9 Å². The Kier molecular flexibility index (Phi) is 3.88. The third kappa shape index (κ3) is 2.64. The Morgan fingerprint density at radius 1 is 1.15 bits per heavy atom. The van der Waals surface area contributed by atoms with Gasteiger partial charge >= 0.3 is 0 Å². The van der Waals surface area contributed by atoms with E-state index >= 15 is 0 Å². The van der Waals surface area contributed by atoms with Crippen LogP contribution in [0.5, 0.6) is 0 Å². The molecule has 0 aliphatic rings. The molecule has 3 rings (SSSR count). The topological polar surface area (TPSA) is 75.9 Å². The second-order valence-corrected chi connectivity index (χ2v) is 6.61. The molecule has 0 unspecified atom stereocenters. The number of fused-ring (bicyclic) bond motifs is 1. The molecule has 4 N–H and O–H groups in total. The van der Waals surface area contributed by atoms with Crippen molar-refractivity contribution < 1.29 is 0 Å². The maximum Gasteiger partial charge on any atom is 0.239 e. The Hall–Kier alpha value is -1.22. The van der Waals surface area contributed by atoms with Crippen LogP contribution in [0.15, 0.2) is 38.6 Å². The summed E-state index contributed by atoms with van der Waals surface area (Å²) < 4.78 is 2.92. The van der Waals surface area contributed by atoms with Gasteiger partial charge in [-0.3, -0.25) is 5.43 Å². The summed E-state index contributed by atoms with van der Waals surface area (Å²) in [5, 5.41) is 5.28. The molecule has 0 saturated carbocycles. The minimum absolute atomic E-state index is 0.379. The molecule has 0 aliphatic carbocycles. The molecule has 3 aromatic rings. The van der Waals surface area contributed by atoms with Gasteiger partial charge in [-0.2, -0.15) is 4.98 Å². The second kappa shape index (κ2) is 5.65. The van der Waals surface area contributed by atoms with Crippen LogP contribution < -0.4 is 16.6 Å². The normalized spacial score (nSPS) is 10.8. The average molecular weight is 415 g/mol. The zero-order valence-corrected chi connectivity index (χ0v) is 14.0. The van der Waals surface area contributed by atoms with Gasteiger partial charge in [0, 0.05) is 8.95 Å². The first kappa shape index (κ1) is 13.7. The molecule has 102 valence electrons. The Bertz CT molecular complexity index is 774. The summed E-state index contributed by atoms with van der Waals surface area (Å²) in [4.78, 5) is 8.67. The predicted octanol–water partition coefficient (Wildman–Crippen LogP) is 4.25. The van der Waals surface area contributed by atoms with Crippen molar-refractivity contribution in [3.63, 3.8) is 0 Å². The quantitative estimate of drug-likeness (QED) is 0.441. The van der Waals surface area contributed by atoms with Gasteiger partial charge in [0.2, 0.25) is 5.95 Å². The summed E-state index contributed by atoms with van der Waals surface area (Å²) in [6.45, 7) is 0. The zero-order valence-electron chi connectivity index (χ0n) is 10.0. The van der Waals surface area contributed by atoms with Crippen LogP contribution >= 0.6 is 43.2 Å². The first-order valence-corrected chi connectivity index (χ1v) is 8.08. The number of rotatable bonds is 3. The molecule has 2 heterocycles. The average Bonchev–Trinajstić information content (AvgIpc) is 2.91.